The van der Waals surface area contributed by atoms with E-state index in [-0.39, 0.29) is 6.10 Å². The van der Waals surface area contributed by atoms with Gasteiger partial charge in [-0.05, 0) is 49.7 Å². The Hall–Kier alpha value is -3.61. The number of nitrogens with two attached hydrogens (primary N) is 2. The summed E-state index contributed by atoms with van der Waals surface area (Å²) in [6.07, 6.45) is 0.872. The summed E-state index contributed by atoms with van der Waals surface area (Å²) in [4.78, 5) is 13.5. The van der Waals surface area contributed by atoms with Crippen LogP contribution in [0.25, 0.3) is 22.4 Å². The number of fused-ring (bicyclic) bond motifs is 1. The van der Waals surface area contributed by atoms with Crippen molar-refractivity contribution >= 4 is 22.8 Å². The van der Waals surface area contributed by atoms with E-state index >= 15 is 0 Å². The third-order valence-electron chi connectivity index (χ3n) is 4.83. The number of ether oxygens (including phenoxy) is 1. The highest BCUT2D eigenvalue weighted by atomic mass is 16.5. The van der Waals surface area contributed by atoms with Crippen LogP contribution in [0.15, 0.2) is 54.6 Å². The van der Waals surface area contributed by atoms with Crippen molar-refractivity contribution in [2.45, 2.75) is 32.9 Å². The highest BCUT2D eigenvalue weighted by Crippen LogP contribution is 2.25. The third kappa shape index (κ3) is 3.99. The fraction of sp³-hybridized carbons (Fsp3) is 0.227. The molecule has 1 aromatic carbocycles. The zero-order chi connectivity index (χ0) is 20.4. The van der Waals surface area contributed by atoms with E-state index in [1.165, 1.54) is 0 Å². The molecule has 148 valence electrons. The Labute approximate surface area is 169 Å². The summed E-state index contributed by atoms with van der Waals surface area (Å²) in [7, 11) is 0. The largest absolute Gasteiger partial charge is 0.489 e. The molecule has 0 fully saturated rings. The number of nitrogen functional groups attached to an aromatic ring is 2. The molecule has 0 unspecified atom stereocenters. The van der Waals surface area contributed by atoms with E-state index in [1.54, 1.807) is 12.1 Å². The maximum Gasteiger partial charge on any atom is 0.160 e. The number of aryl methyl sites for hydroxylation is 1. The van der Waals surface area contributed by atoms with Gasteiger partial charge in [-0.1, -0.05) is 25.1 Å². The second-order valence-corrected chi connectivity index (χ2v) is 6.98. The van der Waals surface area contributed by atoms with Gasteiger partial charge in [0.15, 0.2) is 5.65 Å². The van der Waals surface area contributed by atoms with E-state index in [2.05, 4.69) is 21.5 Å². The van der Waals surface area contributed by atoms with E-state index in [4.69, 9.17) is 21.2 Å². The lowest BCUT2D eigenvalue weighted by molar-refractivity contribution is 0.176. The number of aromatic nitrogens is 4. The fourth-order valence-electron chi connectivity index (χ4n) is 3.36. The molecule has 0 aliphatic carbocycles. The van der Waals surface area contributed by atoms with Gasteiger partial charge < -0.3 is 20.8 Å². The number of hydrogen-bond donors (Lipinski definition) is 2. The summed E-state index contributed by atoms with van der Waals surface area (Å²) in [6, 6.07) is 17.3. The standard InChI is InChI=1S/C22H24N6O/c1-3-16(29-17-7-5-4-6-8-17)13-28-14(2)25-19-10-9-18(26-22(19)28)15-11-20(23)27-21(24)12-15/h4-12,16H,3,13H2,1-2H3,(H4,23,24,27)/t16-/m0/s1. The van der Waals surface area contributed by atoms with Crippen LogP contribution < -0.4 is 16.2 Å². The van der Waals surface area contributed by atoms with Crippen LogP contribution in [0.2, 0.25) is 0 Å². The molecule has 0 spiro atoms. The minimum atomic E-state index is 0.00571. The molecule has 0 aliphatic heterocycles. The lowest BCUT2D eigenvalue weighted by atomic mass is 10.1. The average molecular weight is 388 g/mol. The van der Waals surface area contributed by atoms with Crippen LogP contribution in [0.3, 0.4) is 0 Å². The van der Waals surface area contributed by atoms with Crippen molar-refractivity contribution in [3.05, 3.63) is 60.4 Å². The molecule has 3 heterocycles. The summed E-state index contributed by atoms with van der Waals surface area (Å²) in [5.74, 6) is 2.49. The van der Waals surface area contributed by atoms with Crippen LogP contribution in [-0.4, -0.2) is 25.6 Å². The van der Waals surface area contributed by atoms with Gasteiger partial charge >= 0.3 is 0 Å². The molecular formula is C22H24N6O. The van der Waals surface area contributed by atoms with Crippen molar-refractivity contribution in [2.75, 3.05) is 11.5 Å². The minimum absolute atomic E-state index is 0.00571. The second-order valence-electron chi connectivity index (χ2n) is 6.98. The van der Waals surface area contributed by atoms with Gasteiger partial charge in [-0.3, -0.25) is 0 Å². The number of imidazole rings is 1. The van der Waals surface area contributed by atoms with Gasteiger partial charge in [0, 0.05) is 5.56 Å². The van der Waals surface area contributed by atoms with E-state index in [9.17, 15) is 0 Å². The molecule has 3 aromatic heterocycles. The van der Waals surface area contributed by atoms with Gasteiger partial charge in [0.2, 0.25) is 0 Å². The van der Waals surface area contributed by atoms with Crippen LogP contribution in [0.5, 0.6) is 5.75 Å². The van der Waals surface area contributed by atoms with Crippen molar-refractivity contribution in [1.82, 2.24) is 19.5 Å². The number of nitrogens with zero attached hydrogens (tertiary/aromatic N) is 4. The fourth-order valence-corrected chi connectivity index (χ4v) is 3.36. The molecule has 4 N–H and O–H groups in total. The van der Waals surface area contributed by atoms with Crippen LogP contribution in [-0.2, 0) is 6.54 Å². The Morgan fingerprint density at radius 1 is 0.966 bits per heavy atom. The van der Waals surface area contributed by atoms with Gasteiger partial charge in [0.1, 0.15) is 34.8 Å². The predicted molar refractivity (Wildman–Crippen MR) is 115 cm³/mol. The molecule has 1 atom stereocenters. The number of anilines is 2. The molecule has 0 radical (unpaired) electrons. The maximum absolute atomic E-state index is 6.17. The molecule has 4 aromatic rings. The lowest BCUT2D eigenvalue weighted by Gasteiger charge is -2.19. The predicted octanol–water partition coefficient (Wildman–Crippen LogP) is 3.82. The summed E-state index contributed by atoms with van der Waals surface area (Å²) < 4.78 is 8.27. The molecule has 4 rings (SSSR count). The third-order valence-corrected chi connectivity index (χ3v) is 4.83. The molecular weight excluding hydrogens is 364 g/mol. The number of rotatable bonds is 6. The average Bonchev–Trinajstić information content (AvgIpc) is 3.02. The quantitative estimate of drug-likeness (QED) is 0.520. The Morgan fingerprint density at radius 3 is 2.38 bits per heavy atom. The zero-order valence-electron chi connectivity index (χ0n) is 16.5. The van der Waals surface area contributed by atoms with Gasteiger partial charge in [-0.15, -0.1) is 0 Å². The molecule has 29 heavy (non-hydrogen) atoms. The molecule has 0 amide bonds. The number of benzene rings is 1. The van der Waals surface area contributed by atoms with Gasteiger partial charge in [-0.2, -0.15) is 0 Å². The smallest absolute Gasteiger partial charge is 0.160 e. The maximum atomic E-state index is 6.17. The Kier molecular flexibility index (Phi) is 5.03. The van der Waals surface area contributed by atoms with Crippen molar-refractivity contribution in [3.8, 4) is 17.0 Å². The van der Waals surface area contributed by atoms with Gasteiger partial charge in [0.05, 0.1) is 12.2 Å². The van der Waals surface area contributed by atoms with Crippen LogP contribution >= 0.6 is 0 Å². The molecule has 7 heteroatoms. The second kappa shape index (κ2) is 7.79. The summed E-state index contributed by atoms with van der Waals surface area (Å²) in [6.45, 7) is 4.76. The molecule has 0 bridgehead atoms. The van der Waals surface area contributed by atoms with E-state index < -0.39 is 0 Å². The number of pyridine rings is 2. The zero-order valence-corrected chi connectivity index (χ0v) is 16.5. The summed E-state index contributed by atoms with van der Waals surface area (Å²) >= 11 is 0. The highest BCUT2D eigenvalue weighted by molar-refractivity contribution is 5.77. The number of para-hydroxylation sites is 1. The first-order chi connectivity index (χ1) is 14.0. The van der Waals surface area contributed by atoms with Crippen molar-refractivity contribution < 1.29 is 4.74 Å². The highest BCUT2D eigenvalue weighted by Gasteiger charge is 2.16. The van der Waals surface area contributed by atoms with Crippen LogP contribution in [0, 0.1) is 6.92 Å². The normalized spacial score (nSPS) is 12.2. The summed E-state index contributed by atoms with van der Waals surface area (Å²) in [5.41, 5.74) is 15.0. The SMILES string of the molecule is CC[C@@H](Cn1c(C)nc2ccc(-c3cc(N)nc(N)c3)nc21)Oc1ccccc1. The molecule has 0 saturated heterocycles. The topological polar surface area (TPSA) is 105 Å². The Bertz CT molecular complexity index is 1120. The first-order valence-corrected chi connectivity index (χ1v) is 9.62. The first-order valence-electron chi connectivity index (χ1n) is 9.62. The van der Waals surface area contributed by atoms with Crippen LogP contribution in [0.4, 0.5) is 11.6 Å². The monoisotopic (exact) mass is 388 g/mol. The Morgan fingerprint density at radius 2 is 1.69 bits per heavy atom. The van der Waals surface area contributed by atoms with Gasteiger partial charge in [-0.25, -0.2) is 15.0 Å². The summed E-state index contributed by atoms with van der Waals surface area (Å²) in [5, 5.41) is 0. The number of hydrogen-bond acceptors (Lipinski definition) is 6. The first kappa shape index (κ1) is 18.7. The minimum Gasteiger partial charge on any atom is -0.489 e. The van der Waals surface area contributed by atoms with Gasteiger partial charge in [0.25, 0.3) is 0 Å². The van der Waals surface area contributed by atoms with Crippen molar-refractivity contribution in [3.63, 3.8) is 0 Å². The molecule has 7 nitrogen and oxygen atoms in total. The van der Waals surface area contributed by atoms with Crippen molar-refractivity contribution in [1.29, 1.82) is 0 Å². The molecule has 0 saturated carbocycles. The lowest BCUT2D eigenvalue weighted by Crippen LogP contribution is -2.23. The van der Waals surface area contributed by atoms with Crippen molar-refractivity contribution in [2.24, 2.45) is 0 Å². The molecule has 0 aliphatic rings. The van der Waals surface area contributed by atoms with E-state index in [0.717, 1.165) is 40.4 Å². The Balaban J connectivity index is 1.69. The van der Waals surface area contributed by atoms with E-state index in [0.29, 0.717) is 18.2 Å². The van der Waals surface area contributed by atoms with Crippen LogP contribution in [0.1, 0.15) is 19.2 Å². The van der Waals surface area contributed by atoms with E-state index in [1.807, 2.05) is 49.4 Å².